The number of hydrogen-bond donors (Lipinski definition) is 2. The molecule has 4 nitrogen and oxygen atoms in total. The zero-order valence-corrected chi connectivity index (χ0v) is 23.0. The minimum Gasteiger partial charge on any atom is -0.393 e. The molecule has 0 unspecified atom stereocenters. The van der Waals surface area contributed by atoms with Gasteiger partial charge in [-0.2, -0.15) is 0 Å². The second kappa shape index (κ2) is 24.0. The van der Waals surface area contributed by atoms with Crippen molar-refractivity contribution in [3.05, 3.63) is 0 Å². The van der Waals surface area contributed by atoms with Crippen molar-refractivity contribution < 1.29 is 14.7 Å². The summed E-state index contributed by atoms with van der Waals surface area (Å²) in [5.41, 5.74) is 4.41. The Labute approximate surface area is 212 Å². The third-order valence-electron chi connectivity index (χ3n) is 7.26. The monoisotopic (exact) mass is 481 g/mol. The van der Waals surface area contributed by atoms with Gasteiger partial charge in [0.2, 0.25) is 0 Å². The van der Waals surface area contributed by atoms with Crippen molar-refractivity contribution in [3.8, 4) is 0 Å². The molecule has 0 fully saturated rings. The quantitative estimate of drug-likeness (QED) is 0.0914. The zero-order chi connectivity index (χ0) is 25.3. The molecule has 0 atom stereocenters. The minimum atomic E-state index is -1.68. The Kier molecular flexibility index (Phi) is 23.5. The third-order valence-corrected chi connectivity index (χ3v) is 7.26. The Morgan fingerprint density at radius 3 is 0.971 bits per heavy atom. The molecule has 0 aliphatic carbocycles. The fraction of sp³-hybridized carbons (Fsp3) is 0.933. The topological polar surface area (TPSA) is 80.4 Å². The van der Waals surface area contributed by atoms with Crippen LogP contribution in [0, 0.1) is 0 Å². The van der Waals surface area contributed by atoms with Gasteiger partial charge in [-0.3, -0.25) is 9.59 Å². The van der Waals surface area contributed by atoms with Crippen molar-refractivity contribution in [3.63, 3.8) is 0 Å². The first-order valence-corrected chi connectivity index (χ1v) is 15.0. The average Bonchev–Trinajstić information content (AvgIpc) is 2.84. The summed E-state index contributed by atoms with van der Waals surface area (Å²) in [5.74, 6) is -0.557. The Hall–Kier alpha value is -0.740. The van der Waals surface area contributed by atoms with Gasteiger partial charge in [0.1, 0.15) is 0 Å². The molecule has 0 saturated heterocycles. The first-order valence-electron chi connectivity index (χ1n) is 15.0. The van der Waals surface area contributed by atoms with E-state index >= 15 is 0 Å². The number of nitrogens with two attached hydrogens (primary N) is 1. The summed E-state index contributed by atoms with van der Waals surface area (Å²) in [6.07, 6.45) is 27.4. The molecule has 0 saturated carbocycles. The van der Waals surface area contributed by atoms with E-state index in [9.17, 15) is 14.7 Å². The van der Waals surface area contributed by atoms with Gasteiger partial charge in [-0.1, -0.05) is 142 Å². The molecule has 0 amide bonds. The van der Waals surface area contributed by atoms with Crippen LogP contribution in [-0.4, -0.2) is 28.8 Å². The summed E-state index contributed by atoms with van der Waals surface area (Å²) >= 11 is 0. The lowest BCUT2D eigenvalue weighted by molar-refractivity contribution is -0.136. The lowest BCUT2D eigenvalue weighted by Crippen LogP contribution is -2.57. The second-order valence-corrected chi connectivity index (χ2v) is 10.5. The number of ketones is 2. The normalized spacial score (nSPS) is 11.8. The summed E-state index contributed by atoms with van der Waals surface area (Å²) in [6, 6.07) is 0. The molecule has 3 N–H and O–H groups in total. The second-order valence-electron chi connectivity index (χ2n) is 10.5. The predicted octanol–water partition coefficient (Wildman–Crippen LogP) is 8.22. The Balaban J connectivity index is 3.80. The van der Waals surface area contributed by atoms with E-state index in [2.05, 4.69) is 13.8 Å². The summed E-state index contributed by atoms with van der Waals surface area (Å²) < 4.78 is 0. The van der Waals surface area contributed by atoms with Gasteiger partial charge < -0.3 is 10.8 Å². The molecule has 4 heteroatoms. The number of carbonyl (C=O) groups excluding carboxylic acids is 2. The van der Waals surface area contributed by atoms with Crippen LogP contribution in [0.15, 0.2) is 0 Å². The van der Waals surface area contributed by atoms with E-state index in [0.29, 0.717) is 12.8 Å². The lowest BCUT2D eigenvalue weighted by atomic mass is 9.85. The molecule has 34 heavy (non-hydrogen) atoms. The smallest absolute Gasteiger partial charge is 0.162 e. The molecule has 0 aromatic rings. The SMILES string of the molecule is CCCCCCCCCCCCCC(=O)C(N)(CO)C(=O)CCCCCCCCCCCCC. The zero-order valence-electron chi connectivity index (χ0n) is 23.0. The maximum atomic E-state index is 12.6. The number of Topliss-reactive ketones (excluding diaryl/α,β-unsaturated/α-hetero) is 2. The van der Waals surface area contributed by atoms with Crippen LogP contribution in [0.3, 0.4) is 0 Å². The maximum absolute atomic E-state index is 12.6. The van der Waals surface area contributed by atoms with Gasteiger partial charge >= 0.3 is 0 Å². The van der Waals surface area contributed by atoms with Crippen LogP contribution >= 0.6 is 0 Å². The first kappa shape index (κ1) is 33.3. The van der Waals surface area contributed by atoms with Gasteiger partial charge in [-0.05, 0) is 12.8 Å². The Bertz CT molecular complexity index is 440. The molecular formula is C30H59NO3. The molecule has 0 rings (SSSR count). The van der Waals surface area contributed by atoms with Crippen molar-refractivity contribution in [2.24, 2.45) is 5.73 Å². The molecular weight excluding hydrogens is 422 g/mol. The van der Waals surface area contributed by atoms with Gasteiger partial charge in [0.15, 0.2) is 17.1 Å². The summed E-state index contributed by atoms with van der Waals surface area (Å²) in [4.78, 5) is 25.2. The van der Waals surface area contributed by atoms with Crippen molar-refractivity contribution in [1.29, 1.82) is 0 Å². The number of carbonyl (C=O) groups is 2. The van der Waals surface area contributed by atoms with Crippen LogP contribution in [0.5, 0.6) is 0 Å². The number of hydrogen-bond acceptors (Lipinski definition) is 4. The summed E-state index contributed by atoms with van der Waals surface area (Å²) in [5, 5.41) is 9.71. The van der Waals surface area contributed by atoms with E-state index in [1.165, 1.54) is 103 Å². The highest BCUT2D eigenvalue weighted by Crippen LogP contribution is 2.17. The van der Waals surface area contributed by atoms with E-state index in [0.717, 1.165) is 38.5 Å². The van der Waals surface area contributed by atoms with Crippen molar-refractivity contribution >= 4 is 11.6 Å². The molecule has 202 valence electrons. The lowest BCUT2D eigenvalue weighted by Gasteiger charge is -2.24. The van der Waals surface area contributed by atoms with Gasteiger partial charge in [-0.15, -0.1) is 0 Å². The highest BCUT2D eigenvalue weighted by Gasteiger charge is 2.39. The molecule has 0 bridgehead atoms. The first-order chi connectivity index (χ1) is 16.5. The van der Waals surface area contributed by atoms with Gasteiger partial charge in [0, 0.05) is 12.8 Å². The highest BCUT2D eigenvalue weighted by atomic mass is 16.3. The largest absolute Gasteiger partial charge is 0.393 e. The summed E-state index contributed by atoms with van der Waals surface area (Å²) in [6.45, 7) is 3.92. The molecule has 0 aromatic heterocycles. The number of unbranched alkanes of at least 4 members (excludes halogenated alkanes) is 20. The molecule has 0 aliphatic rings. The molecule has 0 aromatic carbocycles. The van der Waals surface area contributed by atoms with Crippen LogP contribution in [-0.2, 0) is 9.59 Å². The van der Waals surface area contributed by atoms with Gasteiger partial charge in [0.25, 0.3) is 0 Å². The van der Waals surface area contributed by atoms with Crippen LogP contribution in [0.25, 0.3) is 0 Å². The summed E-state index contributed by atoms with van der Waals surface area (Å²) in [7, 11) is 0. The van der Waals surface area contributed by atoms with Crippen LogP contribution in [0.1, 0.15) is 168 Å². The average molecular weight is 482 g/mol. The number of aliphatic hydroxyl groups is 1. The van der Waals surface area contributed by atoms with E-state index in [-0.39, 0.29) is 11.6 Å². The van der Waals surface area contributed by atoms with Crippen molar-refractivity contribution in [1.82, 2.24) is 0 Å². The van der Waals surface area contributed by atoms with E-state index in [1.54, 1.807) is 0 Å². The van der Waals surface area contributed by atoms with Crippen molar-refractivity contribution in [2.45, 2.75) is 173 Å². The maximum Gasteiger partial charge on any atom is 0.162 e. The van der Waals surface area contributed by atoms with Crippen LogP contribution < -0.4 is 5.73 Å². The van der Waals surface area contributed by atoms with E-state index in [1.807, 2.05) is 0 Å². The number of rotatable bonds is 27. The van der Waals surface area contributed by atoms with Crippen molar-refractivity contribution in [2.75, 3.05) is 6.61 Å². The molecule has 0 radical (unpaired) electrons. The van der Waals surface area contributed by atoms with E-state index in [4.69, 9.17) is 5.73 Å². The molecule has 0 spiro atoms. The standard InChI is InChI=1S/C30H59NO3/c1-3-5-7-9-11-13-15-17-19-21-23-25-28(33)30(31,27-32)29(34)26-24-22-20-18-16-14-12-10-8-6-4-2/h32H,3-27,31H2,1-2H3. The Morgan fingerprint density at radius 2 is 0.735 bits per heavy atom. The fourth-order valence-corrected chi connectivity index (χ4v) is 4.68. The minimum absolute atomic E-state index is 0.279. The van der Waals surface area contributed by atoms with Crippen LogP contribution in [0.2, 0.25) is 0 Å². The van der Waals surface area contributed by atoms with Crippen LogP contribution in [0.4, 0.5) is 0 Å². The van der Waals surface area contributed by atoms with Gasteiger partial charge in [0.05, 0.1) is 6.61 Å². The predicted molar refractivity (Wildman–Crippen MR) is 146 cm³/mol. The molecule has 0 aliphatic heterocycles. The third kappa shape index (κ3) is 17.7. The van der Waals surface area contributed by atoms with E-state index < -0.39 is 12.1 Å². The fourth-order valence-electron chi connectivity index (χ4n) is 4.68. The van der Waals surface area contributed by atoms with Gasteiger partial charge in [-0.25, -0.2) is 0 Å². The highest BCUT2D eigenvalue weighted by molar-refractivity contribution is 6.11. The number of aliphatic hydroxyl groups excluding tert-OH is 1. The molecule has 0 heterocycles. The Morgan fingerprint density at radius 1 is 0.500 bits per heavy atom.